The van der Waals surface area contributed by atoms with Crippen molar-refractivity contribution in [2.75, 3.05) is 0 Å². The molecule has 0 fully saturated rings. The van der Waals surface area contributed by atoms with Gasteiger partial charge in [-0.05, 0) is 19.9 Å². The molecule has 46 heavy (non-hydrogen) atoms. The fraction of sp³-hybridized carbons (Fsp3) is 0.471. The van der Waals surface area contributed by atoms with E-state index in [0.717, 1.165) is 12.3 Å². The van der Waals surface area contributed by atoms with E-state index in [4.69, 9.17) is 9.47 Å². The highest BCUT2D eigenvalue weighted by atomic mass is 16.7. The number of aliphatic hydroxyl groups is 4. The fourth-order valence-corrected chi connectivity index (χ4v) is 5.95. The Kier molecular flexibility index (Phi) is 9.79. The van der Waals surface area contributed by atoms with Gasteiger partial charge in [-0.15, -0.1) is 0 Å². The van der Waals surface area contributed by atoms with Crippen LogP contribution in [0.3, 0.4) is 0 Å². The molecule has 6 N–H and O–H groups in total. The maximum atomic E-state index is 13.7. The summed E-state index contributed by atoms with van der Waals surface area (Å²) in [6.45, 7) is 10.6. The fourth-order valence-electron chi connectivity index (χ4n) is 5.95. The Morgan fingerprint density at radius 1 is 0.826 bits per heavy atom. The predicted molar refractivity (Wildman–Crippen MR) is 165 cm³/mol. The summed E-state index contributed by atoms with van der Waals surface area (Å²) in [4.78, 5) is 53.5. The van der Waals surface area contributed by atoms with E-state index in [1.165, 1.54) is 39.0 Å². The lowest BCUT2D eigenvalue weighted by atomic mass is 9.78. The first-order chi connectivity index (χ1) is 21.4. The van der Waals surface area contributed by atoms with Crippen LogP contribution >= 0.6 is 0 Å². The van der Waals surface area contributed by atoms with E-state index >= 15 is 0 Å². The maximum absolute atomic E-state index is 13.7. The van der Waals surface area contributed by atoms with Gasteiger partial charge in [0.15, 0.2) is 5.78 Å². The number of aromatic hydroxyl groups is 1. The second-order valence-corrected chi connectivity index (χ2v) is 12.6. The summed E-state index contributed by atoms with van der Waals surface area (Å²) in [6, 6.07) is 0. The lowest BCUT2D eigenvalue weighted by Crippen LogP contribution is -2.44. The average Bonchev–Trinajstić information content (AvgIpc) is 3.28. The van der Waals surface area contributed by atoms with Gasteiger partial charge in [0, 0.05) is 47.8 Å². The Bertz CT molecular complexity index is 1590. The molecule has 0 radical (unpaired) electrons. The van der Waals surface area contributed by atoms with Crippen molar-refractivity contribution in [1.82, 2.24) is 5.32 Å². The molecule has 5 rings (SSSR count). The molecular formula is C34H41NO11. The number of aliphatic hydroxyl groups excluding tert-OH is 4. The summed E-state index contributed by atoms with van der Waals surface area (Å²) < 4.78 is 11.4. The normalized spacial score (nSPS) is 34.1. The molecule has 0 spiro atoms. The molecular weight excluding hydrogens is 598 g/mol. The molecule has 1 aromatic carbocycles. The average molecular weight is 640 g/mol. The van der Waals surface area contributed by atoms with Crippen molar-refractivity contribution < 1.29 is 54.2 Å². The Morgan fingerprint density at radius 2 is 1.43 bits per heavy atom. The van der Waals surface area contributed by atoms with Crippen LogP contribution in [-0.4, -0.2) is 79.0 Å². The van der Waals surface area contributed by atoms with Gasteiger partial charge in [0.2, 0.25) is 5.78 Å². The van der Waals surface area contributed by atoms with Gasteiger partial charge in [-0.1, -0.05) is 45.9 Å². The summed E-state index contributed by atoms with van der Waals surface area (Å²) in [5.41, 5.74) is -1.38. The molecule has 248 valence electrons. The van der Waals surface area contributed by atoms with E-state index in [1.54, 1.807) is 33.8 Å². The number of carbonyl (C=O) groups is 4. The molecule has 5 bridgehead atoms. The van der Waals surface area contributed by atoms with Crippen molar-refractivity contribution in [2.24, 2.45) is 23.7 Å². The Balaban J connectivity index is 1.79. The van der Waals surface area contributed by atoms with Crippen molar-refractivity contribution in [2.45, 2.75) is 78.7 Å². The number of rotatable bonds is 0. The lowest BCUT2D eigenvalue weighted by Gasteiger charge is -2.35. The summed E-state index contributed by atoms with van der Waals surface area (Å²) in [6.07, 6.45) is 2.96. The first kappa shape index (κ1) is 34.8. The van der Waals surface area contributed by atoms with Gasteiger partial charge >= 0.3 is 5.79 Å². The van der Waals surface area contributed by atoms with Gasteiger partial charge < -0.3 is 40.3 Å². The minimum absolute atomic E-state index is 0.00581. The van der Waals surface area contributed by atoms with Gasteiger partial charge in [0.25, 0.3) is 11.7 Å². The third-order valence-electron chi connectivity index (χ3n) is 9.30. The zero-order valence-corrected chi connectivity index (χ0v) is 26.8. The van der Waals surface area contributed by atoms with Crippen LogP contribution in [0, 0.1) is 30.6 Å². The molecule has 3 aliphatic heterocycles. The summed E-state index contributed by atoms with van der Waals surface area (Å²) in [5, 5.41) is 57.1. The van der Waals surface area contributed by atoms with Gasteiger partial charge in [-0.3, -0.25) is 19.2 Å². The zero-order chi connectivity index (χ0) is 34.4. The maximum Gasteiger partial charge on any atom is 0.312 e. The first-order valence-corrected chi connectivity index (χ1v) is 15.1. The summed E-state index contributed by atoms with van der Waals surface area (Å²) >= 11 is 0. The second-order valence-electron chi connectivity index (χ2n) is 12.6. The molecule has 4 aliphatic rings. The van der Waals surface area contributed by atoms with E-state index in [2.05, 4.69) is 5.32 Å². The molecule has 1 aromatic rings. The standard InChI is InChI=1S/C34H41NO11/c1-14-9-8-10-15(2)33(44)35-20-13-22(37)23-24(30(20)42)29(41)19(6)31-25(23)32(43)34(7,46-31)45-12-11-21(36)16(3)27(39)18(5)28(40)17(4)26(14)38/h8-14,16-18,21,26-28,36,38-41H,1-7H3,(H,35,44). The SMILES string of the molecule is CC1=CC=CC(C)C(O)C(C)C(O)C(C)C(O)C(C)C(O)C=COC2(C)Oc3c(C)c(O)c4c(c3C2=O)C(=O)C=C(NC1=O)C4=O. The molecule has 3 heterocycles. The number of carbonyl (C=O) groups excluding carboxylic acids is 4. The van der Waals surface area contributed by atoms with Crippen molar-refractivity contribution in [3.05, 3.63) is 70.2 Å². The summed E-state index contributed by atoms with van der Waals surface area (Å²) in [5.74, 6) is -8.82. The summed E-state index contributed by atoms with van der Waals surface area (Å²) in [7, 11) is 0. The number of hydrogen-bond acceptors (Lipinski definition) is 11. The number of Topliss-reactive ketones (excluding diaryl/α,β-unsaturated/α-hetero) is 2. The number of ketones is 3. The molecule has 9 atom stereocenters. The molecule has 12 heteroatoms. The third kappa shape index (κ3) is 6.05. The van der Waals surface area contributed by atoms with E-state index in [9.17, 15) is 44.7 Å². The number of nitrogens with one attached hydrogen (secondary N) is 1. The van der Waals surface area contributed by atoms with Crippen LogP contribution in [0.1, 0.15) is 78.2 Å². The van der Waals surface area contributed by atoms with Gasteiger partial charge in [0.1, 0.15) is 11.5 Å². The minimum atomic E-state index is -2.05. The van der Waals surface area contributed by atoms with Crippen LogP contribution in [0.5, 0.6) is 11.5 Å². The Morgan fingerprint density at radius 3 is 2.09 bits per heavy atom. The second kappa shape index (κ2) is 13.0. The highest BCUT2D eigenvalue weighted by Gasteiger charge is 2.51. The van der Waals surface area contributed by atoms with Crippen LogP contribution in [-0.2, 0) is 9.53 Å². The first-order valence-electron chi connectivity index (χ1n) is 15.1. The predicted octanol–water partition coefficient (Wildman–Crippen LogP) is 2.41. The largest absolute Gasteiger partial charge is 0.507 e. The van der Waals surface area contributed by atoms with Crippen LogP contribution in [0.25, 0.3) is 0 Å². The van der Waals surface area contributed by atoms with Crippen LogP contribution in [0.15, 0.2) is 47.9 Å². The third-order valence-corrected chi connectivity index (χ3v) is 9.30. The molecule has 0 aromatic heterocycles. The Labute approximate surface area is 266 Å². The van der Waals surface area contributed by atoms with E-state index in [1.807, 2.05) is 0 Å². The number of benzene rings is 1. The van der Waals surface area contributed by atoms with Crippen molar-refractivity contribution in [1.29, 1.82) is 0 Å². The molecule has 9 unspecified atom stereocenters. The molecule has 0 saturated heterocycles. The van der Waals surface area contributed by atoms with Gasteiger partial charge in [-0.25, -0.2) is 0 Å². The van der Waals surface area contributed by atoms with Crippen molar-refractivity contribution >= 4 is 23.3 Å². The number of allylic oxidation sites excluding steroid dienone is 4. The van der Waals surface area contributed by atoms with Gasteiger partial charge in [0.05, 0.1) is 53.1 Å². The van der Waals surface area contributed by atoms with Crippen LogP contribution < -0.4 is 10.1 Å². The quantitative estimate of drug-likeness (QED) is 0.244. The zero-order valence-electron chi connectivity index (χ0n) is 26.8. The lowest BCUT2D eigenvalue weighted by molar-refractivity contribution is -0.116. The van der Waals surface area contributed by atoms with E-state index in [0.29, 0.717) is 0 Å². The molecule has 12 nitrogen and oxygen atoms in total. The Hall–Kier alpha value is -4.10. The highest BCUT2D eigenvalue weighted by molar-refractivity contribution is 6.30. The number of fused-ring (bicyclic) bond motifs is 14. The van der Waals surface area contributed by atoms with Crippen molar-refractivity contribution in [3.63, 3.8) is 0 Å². The number of ether oxygens (including phenoxy) is 2. The minimum Gasteiger partial charge on any atom is -0.507 e. The molecule has 1 amide bonds. The van der Waals surface area contributed by atoms with E-state index in [-0.39, 0.29) is 22.4 Å². The van der Waals surface area contributed by atoms with Crippen LogP contribution in [0.2, 0.25) is 0 Å². The smallest absolute Gasteiger partial charge is 0.312 e. The topological polar surface area (TPSA) is 200 Å². The van der Waals surface area contributed by atoms with Crippen molar-refractivity contribution in [3.8, 4) is 11.5 Å². The molecule has 1 aliphatic carbocycles. The number of phenols is 1. The monoisotopic (exact) mass is 639 g/mol. The highest BCUT2D eigenvalue weighted by Crippen LogP contribution is 2.47. The number of amides is 1. The van der Waals surface area contributed by atoms with Gasteiger partial charge in [-0.2, -0.15) is 0 Å². The van der Waals surface area contributed by atoms with E-state index < -0.39 is 99.7 Å². The number of hydrogen-bond donors (Lipinski definition) is 6. The molecule has 0 saturated carbocycles. The van der Waals surface area contributed by atoms with Crippen LogP contribution in [0.4, 0.5) is 0 Å². The number of phenolic OH excluding ortho intramolecular Hbond substituents is 1.